The summed E-state index contributed by atoms with van der Waals surface area (Å²) in [7, 11) is 0. The minimum absolute atomic E-state index is 0.0130. The first-order valence-electron chi connectivity index (χ1n) is 12.1. The van der Waals surface area contributed by atoms with Crippen molar-refractivity contribution in [2.24, 2.45) is 10.8 Å². The standard InChI is InChI=1S/C28H38O5/c1-6-7-8-13-33-19-11-9-18(10-12-19)24(25-20(29)14-27(2,3)15-21(25)30)26-22(31)16-28(4,5)17-23(26)32/h9-12,24,29,31H,6-8,13-17H2,1-5H3. The molecule has 0 aliphatic heterocycles. The average Bonchev–Trinajstić information content (AvgIpc) is 2.68. The van der Waals surface area contributed by atoms with Gasteiger partial charge in [0, 0.05) is 42.7 Å². The summed E-state index contributed by atoms with van der Waals surface area (Å²) in [6.45, 7) is 10.6. The molecule has 0 spiro atoms. The molecule has 5 heteroatoms. The Kier molecular flexibility index (Phi) is 7.40. The normalized spacial score (nSPS) is 20.5. The molecule has 2 aliphatic carbocycles. The monoisotopic (exact) mass is 454 g/mol. The van der Waals surface area contributed by atoms with Crippen LogP contribution in [-0.2, 0) is 9.59 Å². The summed E-state index contributed by atoms with van der Waals surface area (Å²) in [5.41, 5.74) is 0.474. The number of hydrogen-bond donors (Lipinski definition) is 2. The van der Waals surface area contributed by atoms with Gasteiger partial charge < -0.3 is 14.9 Å². The van der Waals surface area contributed by atoms with Crippen molar-refractivity contribution in [2.75, 3.05) is 6.61 Å². The number of ketones is 2. The van der Waals surface area contributed by atoms with Crippen molar-refractivity contribution in [1.29, 1.82) is 0 Å². The van der Waals surface area contributed by atoms with Gasteiger partial charge in [0.1, 0.15) is 17.3 Å². The number of carbonyl (C=O) groups excluding carboxylic acids is 2. The van der Waals surface area contributed by atoms with Gasteiger partial charge in [-0.15, -0.1) is 0 Å². The second kappa shape index (κ2) is 9.74. The van der Waals surface area contributed by atoms with Crippen LogP contribution in [0.4, 0.5) is 0 Å². The van der Waals surface area contributed by atoms with E-state index in [1.54, 1.807) is 0 Å². The van der Waals surface area contributed by atoms with Gasteiger partial charge in [-0.3, -0.25) is 9.59 Å². The minimum Gasteiger partial charge on any atom is -0.512 e. The van der Waals surface area contributed by atoms with Crippen molar-refractivity contribution < 1.29 is 24.5 Å². The zero-order chi connectivity index (χ0) is 24.4. The first-order valence-corrected chi connectivity index (χ1v) is 12.1. The zero-order valence-corrected chi connectivity index (χ0v) is 20.7. The molecule has 0 aromatic heterocycles. The van der Waals surface area contributed by atoms with E-state index in [2.05, 4.69) is 6.92 Å². The van der Waals surface area contributed by atoms with E-state index in [-0.39, 0.29) is 57.9 Å². The number of allylic oxidation sites excluding steroid dienone is 4. The molecular weight excluding hydrogens is 416 g/mol. The second-order valence-corrected chi connectivity index (χ2v) is 11.2. The van der Waals surface area contributed by atoms with Gasteiger partial charge in [-0.05, 0) is 34.9 Å². The van der Waals surface area contributed by atoms with Crippen molar-refractivity contribution in [3.63, 3.8) is 0 Å². The Balaban J connectivity index is 2.04. The van der Waals surface area contributed by atoms with Crippen molar-refractivity contribution in [2.45, 2.75) is 85.5 Å². The molecule has 0 unspecified atom stereocenters. The summed E-state index contributed by atoms with van der Waals surface area (Å²) in [6, 6.07) is 7.33. The molecular formula is C28H38O5. The Morgan fingerprint density at radius 3 is 1.73 bits per heavy atom. The van der Waals surface area contributed by atoms with Gasteiger partial charge in [-0.25, -0.2) is 0 Å². The van der Waals surface area contributed by atoms with Gasteiger partial charge in [-0.2, -0.15) is 0 Å². The summed E-state index contributed by atoms with van der Waals surface area (Å²) in [4.78, 5) is 26.5. The van der Waals surface area contributed by atoms with Crippen LogP contribution in [-0.4, -0.2) is 28.4 Å². The van der Waals surface area contributed by atoms with Crippen molar-refractivity contribution in [3.8, 4) is 5.75 Å². The largest absolute Gasteiger partial charge is 0.512 e. The topological polar surface area (TPSA) is 83.8 Å². The average molecular weight is 455 g/mol. The molecule has 0 saturated carbocycles. The molecule has 0 radical (unpaired) electrons. The fourth-order valence-corrected chi connectivity index (χ4v) is 5.04. The molecule has 1 aromatic carbocycles. The third kappa shape index (κ3) is 5.87. The number of unbranched alkanes of at least 4 members (excludes halogenated alkanes) is 2. The highest BCUT2D eigenvalue weighted by molar-refractivity contribution is 6.05. The van der Waals surface area contributed by atoms with Crippen LogP contribution in [0.3, 0.4) is 0 Å². The lowest BCUT2D eigenvalue weighted by molar-refractivity contribution is -0.119. The van der Waals surface area contributed by atoms with E-state index in [1.807, 2.05) is 52.0 Å². The van der Waals surface area contributed by atoms with Gasteiger partial charge in [0.15, 0.2) is 11.6 Å². The van der Waals surface area contributed by atoms with E-state index in [4.69, 9.17) is 4.74 Å². The second-order valence-electron chi connectivity index (χ2n) is 11.2. The lowest BCUT2D eigenvalue weighted by Crippen LogP contribution is -2.33. The molecule has 1 aromatic rings. The summed E-state index contributed by atoms with van der Waals surface area (Å²) < 4.78 is 5.82. The van der Waals surface area contributed by atoms with Gasteiger partial charge in [0.2, 0.25) is 0 Å². The van der Waals surface area contributed by atoms with Crippen molar-refractivity contribution in [3.05, 3.63) is 52.5 Å². The van der Waals surface area contributed by atoms with Crippen LogP contribution in [0.1, 0.15) is 91.0 Å². The molecule has 0 bridgehead atoms. The predicted octanol–water partition coefficient (Wildman–Crippen LogP) is 6.74. The van der Waals surface area contributed by atoms with E-state index >= 15 is 0 Å². The van der Waals surface area contributed by atoms with Gasteiger partial charge in [0.05, 0.1) is 6.61 Å². The number of ether oxygens (including phenoxy) is 1. The summed E-state index contributed by atoms with van der Waals surface area (Å²) >= 11 is 0. The summed E-state index contributed by atoms with van der Waals surface area (Å²) in [5, 5.41) is 21.9. The zero-order valence-electron chi connectivity index (χ0n) is 20.7. The van der Waals surface area contributed by atoms with E-state index in [0.717, 1.165) is 25.0 Å². The van der Waals surface area contributed by atoms with E-state index < -0.39 is 5.92 Å². The summed E-state index contributed by atoms with van der Waals surface area (Å²) in [6.07, 6.45) is 4.50. The molecule has 0 saturated heterocycles. The third-order valence-corrected chi connectivity index (χ3v) is 6.60. The van der Waals surface area contributed by atoms with Crippen molar-refractivity contribution >= 4 is 11.6 Å². The highest BCUT2D eigenvalue weighted by atomic mass is 16.5. The number of rotatable bonds is 8. The number of hydrogen-bond acceptors (Lipinski definition) is 5. The van der Waals surface area contributed by atoms with Gasteiger partial charge in [0.25, 0.3) is 0 Å². The highest BCUT2D eigenvalue weighted by Gasteiger charge is 2.43. The van der Waals surface area contributed by atoms with E-state index in [0.29, 0.717) is 25.0 Å². The molecule has 0 heterocycles. The lowest BCUT2D eigenvalue weighted by atomic mass is 9.67. The Labute approximate surface area is 197 Å². The summed E-state index contributed by atoms with van der Waals surface area (Å²) in [5.74, 6) is -0.389. The maximum Gasteiger partial charge on any atom is 0.163 e. The molecule has 0 atom stereocenters. The fourth-order valence-electron chi connectivity index (χ4n) is 5.04. The number of benzene rings is 1. The molecule has 0 amide bonds. The molecule has 0 fully saturated rings. The van der Waals surface area contributed by atoms with Crippen LogP contribution < -0.4 is 4.74 Å². The number of carbonyl (C=O) groups is 2. The fraction of sp³-hybridized carbons (Fsp3) is 0.571. The molecule has 3 rings (SSSR count). The first-order chi connectivity index (χ1) is 15.4. The Morgan fingerprint density at radius 2 is 1.30 bits per heavy atom. The van der Waals surface area contributed by atoms with E-state index in [1.165, 1.54) is 0 Å². The Bertz CT molecular complexity index is 911. The Hall–Kier alpha value is -2.56. The minimum atomic E-state index is -0.786. The SMILES string of the molecule is CCCCCOc1ccc(C(C2=C(O)CC(C)(C)CC2=O)C2=C(O)CC(C)(C)CC2=O)cc1. The third-order valence-electron chi connectivity index (χ3n) is 6.60. The van der Waals surface area contributed by atoms with Crippen LogP contribution in [0.5, 0.6) is 5.75 Å². The number of aliphatic hydroxyl groups is 2. The predicted molar refractivity (Wildman–Crippen MR) is 130 cm³/mol. The van der Waals surface area contributed by atoms with Crippen LogP contribution in [0, 0.1) is 10.8 Å². The Morgan fingerprint density at radius 1 is 0.818 bits per heavy atom. The first kappa shape index (κ1) is 25.1. The molecule has 5 nitrogen and oxygen atoms in total. The number of aliphatic hydroxyl groups excluding tert-OH is 2. The lowest BCUT2D eigenvalue weighted by Gasteiger charge is -2.36. The van der Waals surface area contributed by atoms with Crippen LogP contribution in [0.25, 0.3) is 0 Å². The quantitative estimate of drug-likeness (QED) is 0.425. The van der Waals surface area contributed by atoms with Crippen molar-refractivity contribution in [1.82, 2.24) is 0 Å². The van der Waals surface area contributed by atoms with Crippen LogP contribution in [0.2, 0.25) is 0 Å². The van der Waals surface area contributed by atoms with Gasteiger partial charge >= 0.3 is 0 Å². The van der Waals surface area contributed by atoms with Crippen LogP contribution >= 0.6 is 0 Å². The number of Topliss-reactive ketones (excluding diaryl/α,β-unsaturated/α-hetero) is 2. The maximum absolute atomic E-state index is 13.2. The van der Waals surface area contributed by atoms with E-state index in [9.17, 15) is 19.8 Å². The maximum atomic E-state index is 13.2. The molecule has 33 heavy (non-hydrogen) atoms. The highest BCUT2D eigenvalue weighted by Crippen LogP contribution is 2.47. The van der Waals surface area contributed by atoms with Crippen LogP contribution in [0.15, 0.2) is 46.9 Å². The smallest absolute Gasteiger partial charge is 0.163 e. The van der Waals surface area contributed by atoms with Gasteiger partial charge in [-0.1, -0.05) is 59.6 Å². The molecule has 2 N–H and O–H groups in total. The molecule has 2 aliphatic rings. The molecule has 180 valence electrons.